The average molecular weight is 191 g/mol. The third-order valence-corrected chi connectivity index (χ3v) is 2.48. The van der Waals surface area contributed by atoms with E-state index in [0.717, 1.165) is 24.5 Å². The van der Waals surface area contributed by atoms with E-state index in [1.54, 1.807) is 6.92 Å². The van der Waals surface area contributed by atoms with Crippen molar-refractivity contribution in [2.24, 2.45) is 0 Å². The van der Waals surface area contributed by atoms with Gasteiger partial charge in [-0.15, -0.1) is 0 Å². The van der Waals surface area contributed by atoms with Crippen LogP contribution in [0.15, 0.2) is 0 Å². The molecule has 72 valence electrons. The summed E-state index contributed by atoms with van der Waals surface area (Å²) >= 11 is 1.88. The highest BCUT2D eigenvalue weighted by molar-refractivity contribution is 7.99. The Morgan fingerprint density at radius 3 is 2.83 bits per heavy atom. The number of aliphatic carboxylic acids is 1. The maximum atomic E-state index is 10.4. The van der Waals surface area contributed by atoms with Gasteiger partial charge in [0.15, 0.2) is 0 Å². The van der Waals surface area contributed by atoms with Crippen molar-refractivity contribution in [2.75, 3.05) is 18.1 Å². The van der Waals surface area contributed by atoms with Gasteiger partial charge in [-0.25, -0.2) is 0 Å². The van der Waals surface area contributed by atoms with Crippen LogP contribution in [0, 0.1) is 0 Å². The minimum absolute atomic E-state index is 0.420. The molecular weight excluding hydrogens is 174 g/mol. The molecule has 0 aromatic carbocycles. The zero-order chi connectivity index (χ0) is 9.40. The van der Waals surface area contributed by atoms with E-state index in [-0.39, 0.29) is 0 Å². The van der Waals surface area contributed by atoms with Crippen molar-refractivity contribution < 1.29 is 9.90 Å². The van der Waals surface area contributed by atoms with Crippen LogP contribution in [0.2, 0.25) is 0 Å². The van der Waals surface area contributed by atoms with Gasteiger partial charge in [0.05, 0.1) is 0 Å². The van der Waals surface area contributed by atoms with E-state index < -0.39 is 12.0 Å². The second-order valence-corrected chi connectivity index (χ2v) is 3.96. The zero-order valence-electron chi connectivity index (χ0n) is 7.67. The monoisotopic (exact) mass is 191 g/mol. The van der Waals surface area contributed by atoms with Crippen LogP contribution in [0.1, 0.15) is 20.3 Å². The summed E-state index contributed by atoms with van der Waals surface area (Å²) in [6.45, 7) is 4.58. The molecule has 0 bridgehead atoms. The molecule has 0 rings (SSSR count). The Morgan fingerprint density at radius 2 is 2.33 bits per heavy atom. The van der Waals surface area contributed by atoms with Crippen molar-refractivity contribution in [3.05, 3.63) is 0 Å². The molecule has 2 N–H and O–H groups in total. The van der Waals surface area contributed by atoms with Crippen LogP contribution in [0.4, 0.5) is 0 Å². The molecule has 0 aliphatic rings. The molecule has 3 nitrogen and oxygen atoms in total. The molecule has 0 heterocycles. The first-order valence-electron chi connectivity index (χ1n) is 4.22. The highest BCUT2D eigenvalue weighted by Gasteiger charge is 2.07. The van der Waals surface area contributed by atoms with Gasteiger partial charge in [-0.2, -0.15) is 11.8 Å². The summed E-state index contributed by atoms with van der Waals surface area (Å²) in [5, 5.41) is 11.4. The number of carboxylic acid groups (broad SMARTS) is 1. The zero-order valence-corrected chi connectivity index (χ0v) is 8.49. The Bertz CT molecular complexity index is 130. The lowest BCUT2D eigenvalue weighted by molar-refractivity contribution is -0.138. The summed E-state index contributed by atoms with van der Waals surface area (Å²) in [7, 11) is 0. The lowest BCUT2D eigenvalue weighted by Gasteiger charge is -2.07. The quantitative estimate of drug-likeness (QED) is 0.594. The van der Waals surface area contributed by atoms with Gasteiger partial charge in [0, 0.05) is 0 Å². The van der Waals surface area contributed by atoms with Gasteiger partial charge < -0.3 is 10.4 Å². The van der Waals surface area contributed by atoms with E-state index in [0.29, 0.717) is 0 Å². The standard InChI is InChI=1S/C8H17NO2S/c1-3-12-6-4-5-9-7(2)8(10)11/h7,9H,3-6H2,1-2H3,(H,10,11)/t7-/m0/s1. The Balaban J connectivity index is 3.14. The van der Waals surface area contributed by atoms with Crippen molar-refractivity contribution in [1.29, 1.82) is 0 Å². The Morgan fingerprint density at radius 1 is 1.67 bits per heavy atom. The fraction of sp³-hybridized carbons (Fsp3) is 0.875. The molecule has 1 atom stereocenters. The molecule has 0 fully saturated rings. The van der Waals surface area contributed by atoms with Crippen LogP contribution in [0.25, 0.3) is 0 Å². The number of thioether (sulfide) groups is 1. The summed E-state index contributed by atoms with van der Waals surface area (Å²) in [4.78, 5) is 10.4. The second kappa shape index (κ2) is 7.43. The fourth-order valence-corrected chi connectivity index (χ4v) is 1.36. The number of nitrogens with one attached hydrogen (secondary N) is 1. The molecule has 4 heteroatoms. The molecule has 0 saturated carbocycles. The second-order valence-electron chi connectivity index (χ2n) is 2.56. The lowest BCUT2D eigenvalue weighted by Crippen LogP contribution is -2.34. The maximum absolute atomic E-state index is 10.4. The molecule has 12 heavy (non-hydrogen) atoms. The molecule has 0 unspecified atom stereocenters. The van der Waals surface area contributed by atoms with E-state index in [1.807, 2.05) is 11.8 Å². The van der Waals surface area contributed by atoms with Gasteiger partial charge in [-0.3, -0.25) is 4.79 Å². The first-order valence-corrected chi connectivity index (χ1v) is 5.38. The third-order valence-electron chi connectivity index (χ3n) is 1.49. The van der Waals surface area contributed by atoms with E-state index in [1.165, 1.54) is 0 Å². The summed E-state index contributed by atoms with van der Waals surface area (Å²) in [5.74, 6) is 1.46. The third kappa shape index (κ3) is 6.49. The topological polar surface area (TPSA) is 49.3 Å². The number of hydrogen-bond acceptors (Lipinski definition) is 3. The largest absolute Gasteiger partial charge is 0.480 e. The molecule has 0 aliphatic heterocycles. The Hall–Kier alpha value is -0.220. The molecule has 0 spiro atoms. The van der Waals surface area contributed by atoms with E-state index >= 15 is 0 Å². The van der Waals surface area contributed by atoms with Crippen molar-refractivity contribution in [1.82, 2.24) is 5.32 Å². The van der Waals surface area contributed by atoms with Crippen LogP contribution in [-0.2, 0) is 4.79 Å². The van der Waals surface area contributed by atoms with Crippen LogP contribution in [0.5, 0.6) is 0 Å². The Kier molecular flexibility index (Phi) is 7.29. The van der Waals surface area contributed by atoms with Crippen LogP contribution in [-0.4, -0.2) is 35.2 Å². The van der Waals surface area contributed by atoms with Crippen molar-refractivity contribution >= 4 is 17.7 Å². The highest BCUT2D eigenvalue weighted by Crippen LogP contribution is 1.99. The minimum atomic E-state index is -0.779. The number of carbonyl (C=O) groups is 1. The molecule has 0 amide bonds. The predicted molar refractivity (Wildman–Crippen MR) is 52.7 cm³/mol. The minimum Gasteiger partial charge on any atom is -0.480 e. The lowest BCUT2D eigenvalue weighted by atomic mass is 10.3. The molecule has 0 radical (unpaired) electrons. The smallest absolute Gasteiger partial charge is 0.320 e. The van der Waals surface area contributed by atoms with Gasteiger partial charge in [0.1, 0.15) is 6.04 Å². The number of hydrogen-bond donors (Lipinski definition) is 2. The molecular formula is C8H17NO2S. The van der Waals surface area contributed by atoms with Crippen LogP contribution >= 0.6 is 11.8 Å². The van der Waals surface area contributed by atoms with E-state index in [9.17, 15) is 4.79 Å². The molecule has 0 aromatic rings. The summed E-state index contributed by atoms with van der Waals surface area (Å²) in [5.41, 5.74) is 0. The highest BCUT2D eigenvalue weighted by atomic mass is 32.2. The van der Waals surface area contributed by atoms with Gasteiger partial charge in [-0.05, 0) is 31.4 Å². The van der Waals surface area contributed by atoms with Crippen molar-refractivity contribution in [3.8, 4) is 0 Å². The van der Waals surface area contributed by atoms with Gasteiger partial charge in [-0.1, -0.05) is 6.92 Å². The van der Waals surface area contributed by atoms with Crippen molar-refractivity contribution in [3.63, 3.8) is 0 Å². The molecule has 0 aromatic heterocycles. The first kappa shape index (κ1) is 11.8. The fourth-order valence-electron chi connectivity index (χ4n) is 0.724. The van der Waals surface area contributed by atoms with Crippen LogP contribution in [0.3, 0.4) is 0 Å². The molecule has 0 aliphatic carbocycles. The predicted octanol–water partition coefficient (Wildman–Crippen LogP) is 1.19. The van der Waals surface area contributed by atoms with Crippen LogP contribution < -0.4 is 5.32 Å². The van der Waals surface area contributed by atoms with E-state index in [4.69, 9.17) is 5.11 Å². The van der Waals surface area contributed by atoms with Gasteiger partial charge in [0.25, 0.3) is 0 Å². The summed E-state index contributed by atoms with van der Waals surface area (Å²) < 4.78 is 0. The SMILES string of the molecule is CCSCCCN[C@@H](C)C(=O)O. The van der Waals surface area contributed by atoms with Gasteiger partial charge >= 0.3 is 5.97 Å². The van der Waals surface area contributed by atoms with E-state index in [2.05, 4.69) is 12.2 Å². The first-order chi connectivity index (χ1) is 5.68. The Labute approximate surface area is 77.9 Å². The normalized spacial score (nSPS) is 12.8. The maximum Gasteiger partial charge on any atom is 0.320 e. The number of carboxylic acids is 1. The summed E-state index contributed by atoms with van der Waals surface area (Å²) in [6.07, 6.45) is 1.04. The number of rotatable bonds is 7. The molecule has 0 saturated heterocycles. The summed E-state index contributed by atoms with van der Waals surface area (Å²) in [6, 6.07) is -0.420. The average Bonchev–Trinajstić information content (AvgIpc) is 2.03. The van der Waals surface area contributed by atoms with Crippen molar-refractivity contribution in [2.45, 2.75) is 26.3 Å². The van der Waals surface area contributed by atoms with Gasteiger partial charge in [0.2, 0.25) is 0 Å².